The van der Waals surface area contributed by atoms with Crippen molar-refractivity contribution in [3.05, 3.63) is 72.2 Å². The first-order chi connectivity index (χ1) is 27.4. The molecule has 6 rings (SSSR count). The number of carbonyl (C=O) groups excluding carboxylic acids is 6. The normalized spacial score (nSPS) is 24.4. The smallest absolute Gasteiger partial charge is 0.252 e. The number of aromatic amines is 2. The lowest BCUT2D eigenvalue weighted by Gasteiger charge is -2.30. The van der Waals surface area contributed by atoms with Gasteiger partial charge in [-0.2, -0.15) is 5.10 Å². The molecule has 4 aromatic rings. The van der Waals surface area contributed by atoms with Gasteiger partial charge >= 0.3 is 0 Å². The molecule has 0 spiro atoms. The first-order valence-electron chi connectivity index (χ1n) is 19.4. The lowest BCUT2D eigenvalue weighted by Crippen LogP contribution is -2.59. The highest BCUT2D eigenvalue weighted by Crippen LogP contribution is 2.23. The number of carbonyl (C=O) groups is 6. The lowest BCUT2D eigenvalue weighted by atomic mass is 10.00. The third-order valence-electron chi connectivity index (χ3n) is 10.4. The molecule has 0 unspecified atom stereocenters. The predicted octanol–water partition coefficient (Wildman–Crippen LogP) is 1.08. The van der Waals surface area contributed by atoms with Crippen molar-refractivity contribution in [1.82, 2.24) is 51.6 Å². The number of hydrogen-bond acceptors (Lipinski definition) is 9. The summed E-state index contributed by atoms with van der Waals surface area (Å²) in [5.41, 5.74) is 2.28. The molecular formula is C40H50N10O7. The van der Waals surface area contributed by atoms with E-state index in [0.29, 0.717) is 24.2 Å². The summed E-state index contributed by atoms with van der Waals surface area (Å²) in [6.07, 6.45) is 3.40. The van der Waals surface area contributed by atoms with Crippen LogP contribution >= 0.6 is 0 Å². The van der Waals surface area contributed by atoms with Crippen molar-refractivity contribution >= 4 is 46.3 Å². The number of benzene rings is 2. The van der Waals surface area contributed by atoms with Crippen molar-refractivity contribution in [2.45, 2.75) is 95.6 Å². The predicted molar refractivity (Wildman–Crippen MR) is 209 cm³/mol. The molecule has 2 aliphatic heterocycles. The molecule has 2 aliphatic rings. The van der Waals surface area contributed by atoms with Crippen LogP contribution in [0.1, 0.15) is 68.8 Å². The summed E-state index contributed by atoms with van der Waals surface area (Å²) in [5.74, 6) is -3.11. The average Bonchev–Trinajstić information content (AvgIpc) is 3.96. The van der Waals surface area contributed by atoms with Crippen molar-refractivity contribution < 1.29 is 33.9 Å². The van der Waals surface area contributed by atoms with Gasteiger partial charge in [0.25, 0.3) is 5.91 Å². The Bertz CT molecular complexity index is 2080. The van der Waals surface area contributed by atoms with E-state index in [1.54, 1.807) is 30.5 Å². The van der Waals surface area contributed by atoms with Crippen LogP contribution in [0.25, 0.3) is 22.3 Å². The highest BCUT2D eigenvalue weighted by Gasteiger charge is 2.42. The summed E-state index contributed by atoms with van der Waals surface area (Å²) < 4.78 is 0. The molecule has 2 aromatic carbocycles. The number of para-hydroxylation sites is 1. The number of aliphatic hydroxyl groups excluding tert-OH is 1. The molecule has 0 saturated carbocycles. The summed E-state index contributed by atoms with van der Waals surface area (Å²) in [4.78, 5) is 92.0. The number of amides is 6. The van der Waals surface area contributed by atoms with Crippen LogP contribution in [0.4, 0.5) is 0 Å². The van der Waals surface area contributed by atoms with Crippen LogP contribution in [-0.2, 0) is 30.4 Å². The zero-order valence-electron chi connectivity index (χ0n) is 32.2. The summed E-state index contributed by atoms with van der Waals surface area (Å²) in [6, 6.07) is 8.78. The Kier molecular flexibility index (Phi) is 13.0. The first-order valence-corrected chi connectivity index (χ1v) is 19.4. The molecule has 4 heterocycles. The van der Waals surface area contributed by atoms with Gasteiger partial charge in [0.05, 0.1) is 11.7 Å². The highest BCUT2D eigenvalue weighted by atomic mass is 16.3. The molecular weight excluding hydrogens is 733 g/mol. The Hall–Kier alpha value is -6.10. The first kappa shape index (κ1) is 40.6. The second kappa shape index (κ2) is 18.2. The maximum absolute atomic E-state index is 14.2. The summed E-state index contributed by atoms with van der Waals surface area (Å²) in [7, 11) is 0. The van der Waals surface area contributed by atoms with E-state index in [9.17, 15) is 33.9 Å². The number of aliphatic hydroxyl groups is 1. The van der Waals surface area contributed by atoms with E-state index in [2.05, 4.69) is 46.7 Å². The van der Waals surface area contributed by atoms with Crippen LogP contribution in [0.3, 0.4) is 0 Å². The largest absolute Gasteiger partial charge is 0.391 e. The van der Waals surface area contributed by atoms with E-state index in [1.165, 1.54) is 18.2 Å². The molecule has 2 saturated heterocycles. The van der Waals surface area contributed by atoms with E-state index in [-0.39, 0.29) is 50.3 Å². The second-order valence-corrected chi connectivity index (χ2v) is 15.1. The summed E-state index contributed by atoms with van der Waals surface area (Å²) in [5, 5.41) is 32.1. The zero-order chi connectivity index (χ0) is 40.6. The fourth-order valence-corrected chi connectivity index (χ4v) is 7.41. The van der Waals surface area contributed by atoms with Gasteiger partial charge in [-0.25, -0.2) is 4.98 Å². The van der Waals surface area contributed by atoms with Crippen molar-refractivity contribution in [2.75, 3.05) is 13.1 Å². The molecule has 0 radical (unpaired) electrons. The molecule has 8 N–H and O–H groups in total. The zero-order valence-corrected chi connectivity index (χ0v) is 32.2. The Morgan fingerprint density at radius 3 is 2.46 bits per heavy atom. The summed E-state index contributed by atoms with van der Waals surface area (Å²) in [6.45, 7) is 5.40. The van der Waals surface area contributed by atoms with E-state index in [4.69, 9.17) is 0 Å². The Morgan fingerprint density at radius 2 is 1.68 bits per heavy atom. The van der Waals surface area contributed by atoms with Crippen LogP contribution in [0.5, 0.6) is 0 Å². The van der Waals surface area contributed by atoms with Gasteiger partial charge < -0.3 is 41.6 Å². The number of fused-ring (bicyclic) bond motifs is 2. The molecule has 17 heteroatoms. The van der Waals surface area contributed by atoms with Crippen molar-refractivity contribution in [1.29, 1.82) is 0 Å². The fourth-order valence-electron chi connectivity index (χ4n) is 7.41. The number of hydrogen-bond donors (Lipinski definition) is 8. The van der Waals surface area contributed by atoms with E-state index in [0.717, 1.165) is 16.5 Å². The summed E-state index contributed by atoms with van der Waals surface area (Å²) >= 11 is 0. The van der Waals surface area contributed by atoms with Gasteiger partial charge in [0.15, 0.2) is 5.82 Å². The van der Waals surface area contributed by atoms with Gasteiger partial charge in [-0.3, -0.25) is 33.9 Å². The van der Waals surface area contributed by atoms with Crippen LogP contribution in [0.2, 0.25) is 0 Å². The van der Waals surface area contributed by atoms with Gasteiger partial charge in [0, 0.05) is 48.6 Å². The molecule has 0 bridgehead atoms. The highest BCUT2D eigenvalue weighted by molar-refractivity contribution is 6.03. The number of nitrogens with zero attached hydrogens (tertiary/aromatic N) is 3. The number of aromatic nitrogens is 4. The third kappa shape index (κ3) is 9.83. The van der Waals surface area contributed by atoms with Crippen molar-refractivity contribution in [3.63, 3.8) is 0 Å². The molecule has 302 valence electrons. The Morgan fingerprint density at radius 1 is 0.930 bits per heavy atom. The van der Waals surface area contributed by atoms with Crippen molar-refractivity contribution in [2.24, 2.45) is 5.92 Å². The molecule has 17 nitrogen and oxygen atoms in total. The maximum Gasteiger partial charge on any atom is 0.252 e. The SMILES string of the molecule is CC(C)C[C@H]1NC(=O)[C@H](Cc2c[nH]c3ccccc23)NC(=O)[C@@H](C)NC(=O)[C@@H](NC(=O)c2ccccc2-c2ncn[nH]2)CCCCNC(=O)[C@@H]2C[C@@H](O)CN2C1=O. The minimum Gasteiger partial charge on any atom is -0.391 e. The molecule has 2 fully saturated rings. The van der Waals surface area contributed by atoms with Gasteiger partial charge in [-0.05, 0) is 56.2 Å². The quantitative estimate of drug-likeness (QED) is 0.134. The lowest BCUT2D eigenvalue weighted by molar-refractivity contribution is -0.142. The number of H-pyrrole nitrogens is 2. The van der Waals surface area contributed by atoms with Crippen molar-refractivity contribution in [3.8, 4) is 11.4 Å². The topological polar surface area (TPSA) is 243 Å². The van der Waals surface area contributed by atoms with Crippen LogP contribution in [-0.4, -0.2) is 115 Å². The van der Waals surface area contributed by atoms with E-state index in [1.807, 2.05) is 38.1 Å². The number of nitrogens with one attached hydrogen (secondary N) is 7. The molecule has 6 amide bonds. The van der Waals surface area contributed by atoms with Crippen LogP contribution < -0.4 is 26.6 Å². The molecule has 2 aromatic heterocycles. The van der Waals surface area contributed by atoms with Gasteiger partial charge in [-0.1, -0.05) is 50.2 Å². The molecule has 57 heavy (non-hydrogen) atoms. The fraction of sp³-hybridized carbons (Fsp3) is 0.450. The Labute approximate surface area is 329 Å². The second-order valence-electron chi connectivity index (χ2n) is 15.1. The number of rotatable bonds is 7. The van der Waals surface area contributed by atoms with Gasteiger partial charge in [-0.15, -0.1) is 0 Å². The van der Waals surface area contributed by atoms with Crippen LogP contribution in [0, 0.1) is 5.92 Å². The van der Waals surface area contributed by atoms with E-state index >= 15 is 0 Å². The van der Waals surface area contributed by atoms with Gasteiger partial charge in [0.2, 0.25) is 29.5 Å². The maximum atomic E-state index is 14.2. The average molecular weight is 783 g/mol. The minimum atomic E-state index is -1.19. The molecule has 0 aliphatic carbocycles. The minimum absolute atomic E-state index is 0.0286. The third-order valence-corrected chi connectivity index (χ3v) is 10.4. The standard InChI is InChI=1S/C40H50N10O7/c1-22(2)16-32-40(57)50-20-25(51)18-33(50)39(56)41-15-9-8-14-30(46-36(53)28-12-5-4-11-27(28)34-43-21-44-49-34)37(54)45-23(3)35(52)47-31(38(55)48-32)17-24-19-42-29-13-7-6-10-26(24)29/h4-7,10-13,19,21-23,25,30-33,42,51H,8-9,14-18,20H2,1-3H3,(H,41,56)(H,45,54)(H,46,53)(H,47,52)(H,48,55)(H,43,44,49)/t23-,25-,30+,31+,32-,33+/m1/s1. The van der Waals surface area contributed by atoms with Gasteiger partial charge in [0.1, 0.15) is 36.5 Å². The van der Waals surface area contributed by atoms with E-state index < -0.39 is 71.8 Å². The molecule has 6 atom stereocenters. The van der Waals surface area contributed by atoms with Crippen LogP contribution in [0.15, 0.2) is 61.1 Å². The monoisotopic (exact) mass is 782 g/mol. The Balaban J connectivity index is 1.29.